The van der Waals surface area contributed by atoms with Crippen LogP contribution < -0.4 is 5.32 Å². The molecule has 7 heteroatoms. The molecule has 0 spiro atoms. The molecule has 0 atom stereocenters. The summed E-state index contributed by atoms with van der Waals surface area (Å²) in [5.41, 5.74) is -0.455. The summed E-state index contributed by atoms with van der Waals surface area (Å²) in [6, 6.07) is 3.87. The number of nitrogens with one attached hydrogen (secondary N) is 1. The average molecular weight is 306 g/mol. The van der Waals surface area contributed by atoms with Crippen LogP contribution in [0.4, 0.5) is 10.5 Å². The zero-order chi connectivity index (χ0) is 16.8. The number of aromatic hydroxyl groups is 1. The number of ether oxygens (including phenoxy) is 1. The summed E-state index contributed by atoms with van der Waals surface area (Å²) in [7, 11) is 0. The van der Waals surface area contributed by atoms with Crippen molar-refractivity contribution in [2.75, 3.05) is 6.54 Å². The second-order valence-corrected chi connectivity index (χ2v) is 5.44. The van der Waals surface area contributed by atoms with Crippen molar-refractivity contribution in [3.63, 3.8) is 0 Å². The Hall–Kier alpha value is -2.75. The maximum atomic E-state index is 11.4. The maximum Gasteiger partial charge on any atom is 0.407 e. The lowest BCUT2D eigenvalue weighted by Crippen LogP contribution is -2.32. The van der Waals surface area contributed by atoms with Gasteiger partial charge in [-0.15, -0.1) is 0 Å². The van der Waals surface area contributed by atoms with E-state index in [0.29, 0.717) is 18.5 Å². The number of nitro benzene ring substituents is 1. The van der Waals surface area contributed by atoms with Gasteiger partial charge in [0.1, 0.15) is 5.60 Å². The highest BCUT2D eigenvalue weighted by atomic mass is 16.6. The van der Waals surface area contributed by atoms with Gasteiger partial charge in [0.2, 0.25) is 0 Å². The highest BCUT2D eigenvalue weighted by Gasteiger charge is 2.15. The predicted octanol–water partition coefficient (Wildman–Crippen LogP) is 2.57. The lowest BCUT2D eigenvalue weighted by molar-refractivity contribution is -0.385. The lowest BCUT2D eigenvalue weighted by atomic mass is 10.2. The molecule has 0 unspecified atom stereocenters. The third kappa shape index (κ3) is 6.13. The SMILES string of the molecule is CC(C)(C)OC(=O)NCCC#Cc1ccc([N+](=O)[O-])c(O)c1. The van der Waals surface area contributed by atoms with Crippen LogP contribution in [0, 0.1) is 22.0 Å². The minimum Gasteiger partial charge on any atom is -0.502 e. The van der Waals surface area contributed by atoms with Crippen LogP contribution in [0.15, 0.2) is 18.2 Å². The molecular formula is C15H18N2O5. The molecule has 0 saturated heterocycles. The van der Waals surface area contributed by atoms with Gasteiger partial charge < -0.3 is 15.2 Å². The number of hydrogen-bond acceptors (Lipinski definition) is 5. The van der Waals surface area contributed by atoms with Crippen molar-refractivity contribution in [3.05, 3.63) is 33.9 Å². The van der Waals surface area contributed by atoms with Crippen LogP contribution in [0.5, 0.6) is 5.75 Å². The van der Waals surface area contributed by atoms with Gasteiger partial charge in [-0.2, -0.15) is 0 Å². The van der Waals surface area contributed by atoms with Crippen LogP contribution in [0.2, 0.25) is 0 Å². The molecule has 0 aliphatic carbocycles. The molecule has 1 amide bonds. The normalized spacial score (nSPS) is 10.3. The molecular weight excluding hydrogens is 288 g/mol. The number of alkyl carbamates (subject to hydrolysis) is 1. The number of hydrogen-bond donors (Lipinski definition) is 2. The van der Waals surface area contributed by atoms with Crippen LogP contribution in [0.1, 0.15) is 32.8 Å². The molecule has 1 rings (SSSR count). The molecule has 22 heavy (non-hydrogen) atoms. The molecule has 0 heterocycles. The highest BCUT2D eigenvalue weighted by molar-refractivity contribution is 5.67. The zero-order valence-corrected chi connectivity index (χ0v) is 12.7. The summed E-state index contributed by atoms with van der Waals surface area (Å²) in [4.78, 5) is 21.2. The van der Waals surface area contributed by atoms with Gasteiger partial charge in [-0.25, -0.2) is 4.79 Å². The largest absolute Gasteiger partial charge is 0.502 e. The first kappa shape index (κ1) is 17.3. The molecule has 1 aromatic carbocycles. The van der Waals surface area contributed by atoms with E-state index in [1.165, 1.54) is 18.2 Å². The standard InChI is InChI=1S/C15H18N2O5/c1-15(2,3)22-14(19)16-9-5-4-6-11-7-8-12(17(20)21)13(18)10-11/h7-8,10,18H,5,9H2,1-3H3,(H,16,19). The van der Waals surface area contributed by atoms with Crippen molar-refractivity contribution in [3.8, 4) is 17.6 Å². The fraction of sp³-hybridized carbons (Fsp3) is 0.400. The van der Waals surface area contributed by atoms with Crippen molar-refractivity contribution >= 4 is 11.8 Å². The third-order valence-electron chi connectivity index (χ3n) is 2.32. The quantitative estimate of drug-likeness (QED) is 0.387. The molecule has 2 N–H and O–H groups in total. The highest BCUT2D eigenvalue weighted by Crippen LogP contribution is 2.25. The minimum atomic E-state index is -0.669. The number of phenols is 1. The van der Waals surface area contributed by atoms with E-state index in [1.54, 1.807) is 20.8 Å². The molecule has 1 aromatic rings. The van der Waals surface area contributed by atoms with Crippen LogP contribution >= 0.6 is 0 Å². The zero-order valence-electron chi connectivity index (χ0n) is 12.7. The van der Waals surface area contributed by atoms with Gasteiger partial charge in [-0.05, 0) is 26.8 Å². The summed E-state index contributed by atoms with van der Waals surface area (Å²) in [5, 5.41) is 22.6. The molecule has 0 saturated carbocycles. The van der Waals surface area contributed by atoms with Gasteiger partial charge in [0.05, 0.1) is 4.92 Å². The van der Waals surface area contributed by atoms with Crippen LogP contribution in [-0.4, -0.2) is 28.3 Å². The van der Waals surface area contributed by atoms with E-state index in [2.05, 4.69) is 17.2 Å². The molecule has 0 aliphatic heterocycles. The van der Waals surface area contributed by atoms with Gasteiger partial charge in [0, 0.05) is 30.7 Å². The second-order valence-electron chi connectivity index (χ2n) is 5.44. The van der Waals surface area contributed by atoms with E-state index in [9.17, 15) is 20.0 Å². The Labute approximate surface area is 128 Å². The number of amides is 1. The Morgan fingerprint density at radius 2 is 2.14 bits per heavy atom. The molecule has 0 aliphatic rings. The van der Waals surface area contributed by atoms with Crippen LogP contribution in [-0.2, 0) is 4.74 Å². The van der Waals surface area contributed by atoms with Crippen LogP contribution in [0.25, 0.3) is 0 Å². The van der Waals surface area contributed by atoms with E-state index in [0.717, 1.165) is 0 Å². The topological polar surface area (TPSA) is 102 Å². The van der Waals surface area contributed by atoms with Gasteiger partial charge in [-0.1, -0.05) is 11.8 Å². The number of nitro groups is 1. The smallest absolute Gasteiger partial charge is 0.407 e. The number of phenolic OH excluding ortho intramolecular Hbond substituents is 1. The summed E-state index contributed by atoms with van der Waals surface area (Å²) < 4.78 is 5.06. The van der Waals surface area contributed by atoms with Gasteiger partial charge >= 0.3 is 11.8 Å². The molecule has 0 bridgehead atoms. The summed E-state index contributed by atoms with van der Waals surface area (Å²) in [5.74, 6) is 5.12. The average Bonchev–Trinajstić information content (AvgIpc) is 2.35. The van der Waals surface area contributed by atoms with E-state index in [4.69, 9.17) is 4.74 Å². The van der Waals surface area contributed by atoms with E-state index < -0.39 is 22.4 Å². The first-order chi connectivity index (χ1) is 10.2. The fourth-order valence-electron chi connectivity index (χ4n) is 1.46. The number of carbonyl (C=O) groups excluding carboxylic acids is 1. The van der Waals surface area contributed by atoms with Crippen molar-refractivity contribution in [1.29, 1.82) is 0 Å². The summed E-state index contributed by atoms with van der Waals surface area (Å²) in [6.45, 7) is 5.63. The molecule has 0 aromatic heterocycles. The van der Waals surface area contributed by atoms with Crippen LogP contribution in [0.3, 0.4) is 0 Å². The monoisotopic (exact) mass is 306 g/mol. The lowest BCUT2D eigenvalue weighted by Gasteiger charge is -2.19. The van der Waals surface area contributed by atoms with E-state index >= 15 is 0 Å². The molecule has 7 nitrogen and oxygen atoms in total. The second kappa shape index (κ2) is 7.31. The molecule has 0 radical (unpaired) electrons. The van der Waals surface area contributed by atoms with Crippen molar-refractivity contribution in [2.24, 2.45) is 0 Å². The van der Waals surface area contributed by atoms with E-state index in [1.807, 2.05) is 0 Å². The number of carbonyl (C=O) groups is 1. The predicted molar refractivity (Wildman–Crippen MR) is 80.5 cm³/mol. The van der Waals surface area contributed by atoms with Crippen molar-refractivity contribution in [1.82, 2.24) is 5.32 Å². The van der Waals surface area contributed by atoms with Crippen molar-refractivity contribution in [2.45, 2.75) is 32.8 Å². The van der Waals surface area contributed by atoms with Crippen molar-refractivity contribution < 1.29 is 19.6 Å². The number of benzene rings is 1. The van der Waals surface area contributed by atoms with Gasteiger partial charge in [0.15, 0.2) is 5.75 Å². The summed E-state index contributed by atoms with van der Waals surface area (Å²) in [6.07, 6.45) is -0.126. The molecule has 0 fully saturated rings. The Morgan fingerprint density at radius 3 is 2.68 bits per heavy atom. The fourth-order valence-corrected chi connectivity index (χ4v) is 1.46. The Morgan fingerprint density at radius 1 is 1.45 bits per heavy atom. The Kier molecular flexibility index (Phi) is 5.75. The van der Waals surface area contributed by atoms with E-state index in [-0.39, 0.29) is 5.69 Å². The number of nitrogens with zero attached hydrogens (tertiary/aromatic N) is 1. The Balaban J connectivity index is 2.47. The first-order valence-electron chi connectivity index (χ1n) is 6.62. The Bertz CT molecular complexity index is 623. The first-order valence-corrected chi connectivity index (χ1v) is 6.62. The maximum absolute atomic E-state index is 11.4. The minimum absolute atomic E-state index is 0.320. The van der Waals surface area contributed by atoms with Gasteiger partial charge in [0.25, 0.3) is 0 Å². The molecule has 118 valence electrons. The third-order valence-corrected chi connectivity index (χ3v) is 2.32. The van der Waals surface area contributed by atoms with Gasteiger partial charge in [-0.3, -0.25) is 10.1 Å². The number of rotatable bonds is 3. The summed E-state index contributed by atoms with van der Waals surface area (Å²) >= 11 is 0.